The van der Waals surface area contributed by atoms with Crippen LogP contribution >= 0.6 is 0 Å². The molecule has 0 aromatic carbocycles. The van der Waals surface area contributed by atoms with Gasteiger partial charge in [-0.2, -0.15) is 5.06 Å². The molecule has 0 aromatic heterocycles. The SMILES string of the molecule is CC(C)N(O)C(CO)CCN. The molecule has 0 heterocycles. The van der Waals surface area contributed by atoms with Gasteiger partial charge in [-0.15, -0.1) is 0 Å². The number of aliphatic hydroxyl groups excluding tert-OH is 1. The molecule has 4 N–H and O–H groups in total. The zero-order valence-electron chi connectivity index (χ0n) is 7.20. The van der Waals surface area contributed by atoms with E-state index in [9.17, 15) is 5.21 Å². The van der Waals surface area contributed by atoms with Gasteiger partial charge in [0.15, 0.2) is 0 Å². The lowest BCUT2D eigenvalue weighted by Gasteiger charge is -2.27. The zero-order chi connectivity index (χ0) is 8.85. The summed E-state index contributed by atoms with van der Waals surface area (Å²) in [5, 5.41) is 19.3. The lowest BCUT2D eigenvalue weighted by molar-refractivity contribution is -0.161. The fourth-order valence-electron chi connectivity index (χ4n) is 0.921. The third kappa shape index (κ3) is 3.67. The summed E-state index contributed by atoms with van der Waals surface area (Å²) in [5.41, 5.74) is 5.29. The highest BCUT2D eigenvalue weighted by molar-refractivity contribution is 4.66. The molecule has 0 saturated carbocycles. The second-order valence-electron chi connectivity index (χ2n) is 2.89. The second-order valence-corrected chi connectivity index (χ2v) is 2.89. The van der Waals surface area contributed by atoms with Gasteiger partial charge in [-0.3, -0.25) is 0 Å². The number of hydroxylamine groups is 2. The van der Waals surface area contributed by atoms with Crippen molar-refractivity contribution in [2.75, 3.05) is 13.2 Å². The van der Waals surface area contributed by atoms with E-state index in [1.807, 2.05) is 13.8 Å². The highest BCUT2D eigenvalue weighted by Gasteiger charge is 2.16. The predicted molar refractivity (Wildman–Crippen MR) is 43.3 cm³/mol. The first kappa shape index (κ1) is 10.8. The fourth-order valence-corrected chi connectivity index (χ4v) is 0.921. The predicted octanol–water partition coefficient (Wildman–Crippen LogP) is -0.204. The van der Waals surface area contributed by atoms with E-state index in [-0.39, 0.29) is 18.7 Å². The third-order valence-corrected chi connectivity index (χ3v) is 1.61. The van der Waals surface area contributed by atoms with Crippen molar-refractivity contribution in [1.82, 2.24) is 5.06 Å². The van der Waals surface area contributed by atoms with Crippen LogP contribution < -0.4 is 5.73 Å². The van der Waals surface area contributed by atoms with Gasteiger partial charge in [0.25, 0.3) is 0 Å². The van der Waals surface area contributed by atoms with Crippen molar-refractivity contribution in [1.29, 1.82) is 0 Å². The number of nitrogens with two attached hydrogens (primary N) is 1. The Bertz CT molecular complexity index is 98.4. The summed E-state index contributed by atoms with van der Waals surface area (Å²) in [5.74, 6) is 0. The average Bonchev–Trinajstić information content (AvgIpc) is 1.98. The van der Waals surface area contributed by atoms with Crippen molar-refractivity contribution in [2.24, 2.45) is 5.73 Å². The molecule has 0 fully saturated rings. The summed E-state index contributed by atoms with van der Waals surface area (Å²) < 4.78 is 0. The summed E-state index contributed by atoms with van der Waals surface area (Å²) in [6.45, 7) is 4.15. The number of rotatable bonds is 5. The molecular weight excluding hydrogens is 144 g/mol. The first-order valence-corrected chi connectivity index (χ1v) is 3.91. The van der Waals surface area contributed by atoms with E-state index >= 15 is 0 Å². The van der Waals surface area contributed by atoms with Crippen molar-refractivity contribution < 1.29 is 10.3 Å². The third-order valence-electron chi connectivity index (χ3n) is 1.61. The van der Waals surface area contributed by atoms with Crippen molar-refractivity contribution in [2.45, 2.75) is 32.4 Å². The summed E-state index contributed by atoms with van der Waals surface area (Å²) in [4.78, 5) is 0. The molecule has 0 aromatic rings. The summed E-state index contributed by atoms with van der Waals surface area (Å²) in [6.07, 6.45) is 0.616. The molecule has 0 saturated heterocycles. The maximum Gasteiger partial charge on any atom is 0.0610 e. The van der Waals surface area contributed by atoms with E-state index in [0.717, 1.165) is 5.06 Å². The second kappa shape index (κ2) is 5.49. The average molecular weight is 162 g/mol. The van der Waals surface area contributed by atoms with E-state index in [1.165, 1.54) is 0 Å². The van der Waals surface area contributed by atoms with E-state index in [0.29, 0.717) is 13.0 Å². The van der Waals surface area contributed by atoms with Gasteiger partial charge in [-0.1, -0.05) is 0 Å². The van der Waals surface area contributed by atoms with Crippen LogP contribution in [0.4, 0.5) is 0 Å². The van der Waals surface area contributed by atoms with Gasteiger partial charge < -0.3 is 16.0 Å². The quantitative estimate of drug-likeness (QED) is 0.489. The molecule has 0 amide bonds. The van der Waals surface area contributed by atoms with Crippen molar-refractivity contribution in [3.8, 4) is 0 Å². The monoisotopic (exact) mass is 162 g/mol. The molecule has 11 heavy (non-hydrogen) atoms. The van der Waals surface area contributed by atoms with Gasteiger partial charge in [0.1, 0.15) is 0 Å². The molecule has 4 nitrogen and oxygen atoms in total. The summed E-state index contributed by atoms with van der Waals surface area (Å²) in [7, 11) is 0. The van der Waals surface area contributed by atoms with Crippen LogP contribution in [0.1, 0.15) is 20.3 Å². The molecule has 0 aliphatic carbocycles. The van der Waals surface area contributed by atoms with Gasteiger partial charge in [0.2, 0.25) is 0 Å². The smallest absolute Gasteiger partial charge is 0.0610 e. The molecule has 0 bridgehead atoms. The van der Waals surface area contributed by atoms with Gasteiger partial charge in [-0.25, -0.2) is 0 Å². The number of hydrogen-bond acceptors (Lipinski definition) is 4. The Morgan fingerprint density at radius 3 is 2.27 bits per heavy atom. The molecule has 0 aliphatic heterocycles. The first-order chi connectivity index (χ1) is 5.13. The molecular formula is C7H18N2O2. The molecule has 1 unspecified atom stereocenters. The lowest BCUT2D eigenvalue weighted by atomic mass is 10.2. The Hall–Kier alpha value is -0.160. The van der Waals surface area contributed by atoms with Crippen LogP contribution in [-0.2, 0) is 0 Å². The Morgan fingerprint density at radius 2 is 2.00 bits per heavy atom. The first-order valence-electron chi connectivity index (χ1n) is 3.91. The van der Waals surface area contributed by atoms with Crippen LogP contribution in [0.15, 0.2) is 0 Å². The maximum absolute atomic E-state index is 9.34. The molecule has 1 atom stereocenters. The van der Waals surface area contributed by atoms with E-state index in [1.54, 1.807) is 0 Å². The van der Waals surface area contributed by atoms with Gasteiger partial charge in [0, 0.05) is 6.04 Å². The van der Waals surface area contributed by atoms with Crippen LogP contribution in [0.2, 0.25) is 0 Å². The van der Waals surface area contributed by atoms with E-state index in [4.69, 9.17) is 10.8 Å². The molecule has 0 radical (unpaired) electrons. The van der Waals surface area contributed by atoms with Crippen LogP contribution in [0, 0.1) is 0 Å². The van der Waals surface area contributed by atoms with Gasteiger partial charge >= 0.3 is 0 Å². The minimum absolute atomic E-state index is 0.0266. The van der Waals surface area contributed by atoms with Gasteiger partial charge in [-0.05, 0) is 26.8 Å². The van der Waals surface area contributed by atoms with Crippen molar-refractivity contribution in [3.05, 3.63) is 0 Å². The van der Waals surface area contributed by atoms with Gasteiger partial charge in [0.05, 0.1) is 12.6 Å². The molecule has 0 aliphatic rings. The Morgan fingerprint density at radius 1 is 1.45 bits per heavy atom. The highest BCUT2D eigenvalue weighted by Crippen LogP contribution is 2.03. The fraction of sp³-hybridized carbons (Fsp3) is 1.00. The van der Waals surface area contributed by atoms with E-state index in [2.05, 4.69) is 0 Å². The minimum atomic E-state index is -0.222. The number of nitrogens with zero attached hydrogens (tertiary/aromatic N) is 1. The normalized spacial score (nSPS) is 14.5. The van der Waals surface area contributed by atoms with Crippen molar-refractivity contribution in [3.63, 3.8) is 0 Å². The largest absolute Gasteiger partial charge is 0.395 e. The Labute approximate surface area is 67.6 Å². The van der Waals surface area contributed by atoms with Crippen LogP contribution in [-0.4, -0.2) is 40.6 Å². The molecule has 0 rings (SSSR count). The zero-order valence-corrected chi connectivity index (χ0v) is 7.20. The summed E-state index contributed by atoms with van der Waals surface area (Å²) in [6, 6.07) is -0.196. The number of aliphatic hydroxyl groups is 1. The summed E-state index contributed by atoms with van der Waals surface area (Å²) >= 11 is 0. The standard InChI is InChI=1S/C7H18N2O2/c1-6(2)9(11)7(5-10)3-4-8/h6-7,10-11H,3-5,8H2,1-2H3. The minimum Gasteiger partial charge on any atom is -0.395 e. The Balaban J connectivity index is 3.81. The topological polar surface area (TPSA) is 69.7 Å². The lowest BCUT2D eigenvalue weighted by Crippen LogP contribution is -2.41. The van der Waals surface area contributed by atoms with Crippen molar-refractivity contribution >= 4 is 0 Å². The molecule has 0 spiro atoms. The maximum atomic E-state index is 9.34. The highest BCUT2D eigenvalue weighted by atomic mass is 16.5. The van der Waals surface area contributed by atoms with Crippen LogP contribution in [0.3, 0.4) is 0 Å². The van der Waals surface area contributed by atoms with Crippen LogP contribution in [0.25, 0.3) is 0 Å². The Kier molecular flexibility index (Phi) is 5.41. The molecule has 68 valence electrons. The van der Waals surface area contributed by atoms with Crippen LogP contribution in [0.5, 0.6) is 0 Å². The number of hydrogen-bond donors (Lipinski definition) is 3. The van der Waals surface area contributed by atoms with E-state index < -0.39 is 0 Å². The molecule has 4 heteroatoms.